The molecule has 1 amide bonds. The van der Waals surface area contributed by atoms with Crippen LogP contribution in [0.25, 0.3) is 0 Å². The van der Waals surface area contributed by atoms with Gasteiger partial charge in [-0.3, -0.25) is 9.59 Å². The van der Waals surface area contributed by atoms with Crippen LogP contribution in [0, 0.1) is 0 Å². The first-order chi connectivity index (χ1) is 14.7. The molecular weight excluding hydrogens is 448 g/mol. The van der Waals surface area contributed by atoms with Crippen LogP contribution in [-0.4, -0.2) is 47.2 Å². The third-order valence-electron chi connectivity index (χ3n) is 4.07. The molecule has 168 valence electrons. The van der Waals surface area contributed by atoms with E-state index in [1.165, 1.54) is 39.3 Å². The Hall–Kier alpha value is -2.82. The van der Waals surface area contributed by atoms with Gasteiger partial charge in [0.25, 0.3) is 5.91 Å². The number of hydrogen-bond donors (Lipinski definition) is 2. The molecule has 2 aromatic rings. The number of halogens is 1. The third-order valence-corrected chi connectivity index (χ3v) is 5.76. The van der Waals surface area contributed by atoms with Crippen LogP contribution < -0.4 is 19.5 Å². The fraction of sp³-hybridized carbons (Fsp3) is 0.300. The van der Waals surface area contributed by atoms with E-state index in [0.717, 1.165) is 0 Å². The van der Waals surface area contributed by atoms with Crippen molar-refractivity contribution < 1.29 is 32.2 Å². The minimum atomic E-state index is -3.83. The number of carbonyl (C=O) groups is 2. The van der Waals surface area contributed by atoms with E-state index in [0.29, 0.717) is 17.2 Å². The number of hydrogen-bond acceptors (Lipinski definition) is 7. The Morgan fingerprint density at radius 1 is 1.10 bits per heavy atom. The molecule has 1 unspecified atom stereocenters. The molecule has 0 saturated carbocycles. The molecule has 2 N–H and O–H groups in total. The molecule has 2 aromatic carbocycles. The molecule has 0 spiro atoms. The minimum Gasteiger partial charge on any atom is -0.497 e. The highest BCUT2D eigenvalue weighted by Gasteiger charge is 2.20. The quantitative estimate of drug-likeness (QED) is 0.512. The van der Waals surface area contributed by atoms with Gasteiger partial charge in [-0.15, -0.1) is 0 Å². The molecule has 31 heavy (non-hydrogen) atoms. The van der Waals surface area contributed by atoms with Crippen LogP contribution in [0.5, 0.6) is 11.5 Å². The van der Waals surface area contributed by atoms with Crippen LogP contribution in [0.15, 0.2) is 47.4 Å². The maximum absolute atomic E-state index is 12.4. The molecule has 1 atom stereocenters. The smallest absolute Gasteiger partial charge is 0.307 e. The Kier molecular flexibility index (Phi) is 8.66. The van der Waals surface area contributed by atoms with Gasteiger partial charge in [0.15, 0.2) is 6.10 Å². The number of anilines is 1. The van der Waals surface area contributed by atoms with Gasteiger partial charge in [0.2, 0.25) is 10.0 Å². The number of esters is 1. The van der Waals surface area contributed by atoms with E-state index < -0.39 is 28.0 Å². The average Bonchev–Trinajstić information content (AvgIpc) is 2.73. The SMILES string of the molecule is COc1ccc(OC)c(NC(=O)C(C)OC(=O)CCNS(=O)(=O)c2cccc(Cl)c2)c1. The van der Waals surface area contributed by atoms with Gasteiger partial charge in [0.1, 0.15) is 11.5 Å². The number of rotatable bonds is 10. The van der Waals surface area contributed by atoms with E-state index >= 15 is 0 Å². The Morgan fingerprint density at radius 2 is 1.84 bits per heavy atom. The van der Waals surface area contributed by atoms with Crippen molar-refractivity contribution in [2.45, 2.75) is 24.3 Å². The van der Waals surface area contributed by atoms with E-state index in [9.17, 15) is 18.0 Å². The van der Waals surface area contributed by atoms with E-state index in [2.05, 4.69) is 10.0 Å². The number of sulfonamides is 1. The second kappa shape index (κ2) is 11.0. The van der Waals surface area contributed by atoms with Crippen LogP contribution in [0.1, 0.15) is 13.3 Å². The van der Waals surface area contributed by atoms with Gasteiger partial charge in [-0.1, -0.05) is 17.7 Å². The molecule has 0 heterocycles. The number of benzene rings is 2. The van der Waals surface area contributed by atoms with Gasteiger partial charge in [-0.25, -0.2) is 13.1 Å². The largest absolute Gasteiger partial charge is 0.497 e. The monoisotopic (exact) mass is 470 g/mol. The highest BCUT2D eigenvalue weighted by Crippen LogP contribution is 2.29. The topological polar surface area (TPSA) is 120 Å². The molecule has 9 nitrogen and oxygen atoms in total. The molecule has 0 bridgehead atoms. The highest BCUT2D eigenvalue weighted by atomic mass is 35.5. The van der Waals surface area contributed by atoms with Crippen LogP contribution >= 0.6 is 11.6 Å². The number of nitrogens with one attached hydrogen (secondary N) is 2. The molecule has 0 aliphatic carbocycles. The molecule has 0 radical (unpaired) electrons. The molecule has 0 aliphatic heterocycles. The van der Waals surface area contributed by atoms with Crippen LogP contribution in [0.3, 0.4) is 0 Å². The van der Waals surface area contributed by atoms with Gasteiger partial charge in [-0.2, -0.15) is 0 Å². The molecule has 0 saturated heterocycles. The van der Waals surface area contributed by atoms with Crippen molar-refractivity contribution >= 4 is 39.2 Å². The lowest BCUT2D eigenvalue weighted by molar-refractivity contribution is -0.152. The second-order valence-electron chi connectivity index (χ2n) is 6.29. The minimum absolute atomic E-state index is 0.0200. The zero-order chi connectivity index (χ0) is 23.0. The van der Waals surface area contributed by atoms with Gasteiger partial charge < -0.3 is 19.5 Å². The van der Waals surface area contributed by atoms with Crippen LogP contribution in [-0.2, 0) is 24.3 Å². The molecule has 11 heteroatoms. The Bertz CT molecular complexity index is 1040. The normalized spacial score (nSPS) is 12.0. The fourth-order valence-electron chi connectivity index (χ4n) is 2.46. The van der Waals surface area contributed by atoms with Crippen molar-refractivity contribution in [3.8, 4) is 11.5 Å². The Balaban J connectivity index is 1.87. The highest BCUT2D eigenvalue weighted by molar-refractivity contribution is 7.89. The summed E-state index contributed by atoms with van der Waals surface area (Å²) in [6, 6.07) is 10.6. The van der Waals surface area contributed by atoms with Gasteiger partial charge in [0, 0.05) is 17.6 Å². The number of amides is 1. The van der Waals surface area contributed by atoms with Crippen molar-refractivity contribution in [3.05, 3.63) is 47.5 Å². The Morgan fingerprint density at radius 3 is 2.48 bits per heavy atom. The first-order valence-electron chi connectivity index (χ1n) is 9.14. The van der Waals surface area contributed by atoms with Crippen LogP contribution in [0.4, 0.5) is 5.69 Å². The summed E-state index contributed by atoms with van der Waals surface area (Å²) in [5, 5.41) is 2.88. The van der Waals surface area contributed by atoms with Gasteiger partial charge in [0.05, 0.1) is 31.2 Å². The number of methoxy groups -OCH3 is 2. The summed E-state index contributed by atoms with van der Waals surface area (Å²) in [6.07, 6.45) is -1.38. The van der Waals surface area contributed by atoms with E-state index in [4.69, 9.17) is 25.8 Å². The lowest BCUT2D eigenvalue weighted by Crippen LogP contribution is -2.32. The number of carbonyl (C=O) groups excluding carboxylic acids is 2. The second-order valence-corrected chi connectivity index (χ2v) is 8.50. The van der Waals surface area contributed by atoms with E-state index in [-0.39, 0.29) is 22.9 Å². The number of ether oxygens (including phenoxy) is 3. The predicted octanol–water partition coefficient (Wildman–Crippen LogP) is 2.60. The van der Waals surface area contributed by atoms with Crippen molar-refractivity contribution in [2.24, 2.45) is 0 Å². The zero-order valence-corrected chi connectivity index (χ0v) is 18.7. The van der Waals surface area contributed by atoms with Crippen LogP contribution in [0.2, 0.25) is 5.02 Å². The molecule has 0 aliphatic rings. The average molecular weight is 471 g/mol. The van der Waals surface area contributed by atoms with Gasteiger partial charge >= 0.3 is 5.97 Å². The third kappa shape index (κ3) is 7.12. The summed E-state index contributed by atoms with van der Waals surface area (Å²) >= 11 is 5.80. The summed E-state index contributed by atoms with van der Waals surface area (Å²) in [5.74, 6) is -0.413. The molecular formula is C20H23ClN2O7S. The molecule has 2 rings (SSSR count). The Labute approximate surface area is 185 Å². The summed E-state index contributed by atoms with van der Waals surface area (Å²) in [6.45, 7) is 1.20. The van der Waals surface area contributed by atoms with Crippen molar-refractivity contribution in [2.75, 3.05) is 26.1 Å². The van der Waals surface area contributed by atoms with Crippen molar-refractivity contribution in [3.63, 3.8) is 0 Å². The van der Waals surface area contributed by atoms with E-state index in [1.807, 2.05) is 0 Å². The summed E-state index contributed by atoms with van der Waals surface area (Å²) in [7, 11) is -0.891. The van der Waals surface area contributed by atoms with Crippen molar-refractivity contribution in [1.29, 1.82) is 0 Å². The van der Waals surface area contributed by atoms with Gasteiger partial charge in [-0.05, 0) is 37.3 Å². The summed E-state index contributed by atoms with van der Waals surface area (Å²) in [5.41, 5.74) is 0.351. The zero-order valence-electron chi connectivity index (χ0n) is 17.2. The standard InChI is InChI=1S/C20H23ClN2O7S/c1-13(20(25)23-17-12-15(28-2)7-8-18(17)29-3)30-19(24)9-10-22-31(26,27)16-6-4-5-14(21)11-16/h4-8,11-13,22H,9-10H2,1-3H3,(H,23,25). The van der Waals surface area contributed by atoms with E-state index in [1.54, 1.807) is 24.3 Å². The summed E-state index contributed by atoms with van der Waals surface area (Å²) < 4.78 is 42.1. The molecule has 0 fully saturated rings. The first kappa shape index (κ1) is 24.4. The summed E-state index contributed by atoms with van der Waals surface area (Å²) in [4.78, 5) is 24.3. The molecule has 0 aromatic heterocycles. The fourth-order valence-corrected chi connectivity index (χ4v) is 3.79. The lowest BCUT2D eigenvalue weighted by Gasteiger charge is -2.16. The predicted molar refractivity (Wildman–Crippen MR) is 115 cm³/mol. The lowest BCUT2D eigenvalue weighted by atomic mass is 10.2. The van der Waals surface area contributed by atoms with Crippen molar-refractivity contribution in [1.82, 2.24) is 4.72 Å². The maximum atomic E-state index is 12.4. The first-order valence-corrected chi connectivity index (χ1v) is 11.0. The maximum Gasteiger partial charge on any atom is 0.307 e.